The number of esters is 2. The van der Waals surface area contributed by atoms with Gasteiger partial charge in [0.25, 0.3) is 0 Å². The highest BCUT2D eigenvalue weighted by Gasteiger charge is 2.44. The van der Waals surface area contributed by atoms with Gasteiger partial charge in [-0.1, -0.05) is 18.9 Å². The van der Waals surface area contributed by atoms with E-state index in [1.165, 1.54) is 0 Å². The third-order valence-electron chi connectivity index (χ3n) is 4.98. The summed E-state index contributed by atoms with van der Waals surface area (Å²) in [7, 11) is 0. The number of carbonyl (C=O) groups excluding carboxylic acids is 2. The van der Waals surface area contributed by atoms with Crippen molar-refractivity contribution in [2.45, 2.75) is 70.4 Å². The average molecular weight is 323 g/mol. The molecule has 130 valence electrons. The van der Waals surface area contributed by atoms with Crippen molar-refractivity contribution in [3.63, 3.8) is 0 Å². The molecule has 2 aliphatic rings. The summed E-state index contributed by atoms with van der Waals surface area (Å²) >= 11 is 0. The molecule has 0 amide bonds. The topological polar surface area (TPSA) is 64.6 Å². The highest BCUT2D eigenvalue weighted by Crippen LogP contribution is 2.43. The molecule has 1 aliphatic heterocycles. The molecule has 1 N–H and O–H groups in total. The first-order valence-electron chi connectivity index (χ1n) is 8.88. The number of carbonyl (C=O) groups is 2. The van der Waals surface area contributed by atoms with Crippen molar-refractivity contribution >= 4 is 11.9 Å². The zero-order valence-corrected chi connectivity index (χ0v) is 14.3. The lowest BCUT2D eigenvalue weighted by atomic mass is 9.77. The SMILES string of the molecule is CCOC(=O)/C=C\[C@H]1CCC[C@]12CCC[C@H](CC(=O)OCC)N2. The fraction of sp³-hybridized carbons (Fsp3) is 0.778. The smallest absolute Gasteiger partial charge is 0.330 e. The van der Waals surface area contributed by atoms with Crippen LogP contribution >= 0.6 is 0 Å². The Morgan fingerprint density at radius 3 is 2.52 bits per heavy atom. The van der Waals surface area contributed by atoms with E-state index in [-0.39, 0.29) is 23.5 Å². The summed E-state index contributed by atoms with van der Waals surface area (Å²) < 4.78 is 10.0. The molecule has 1 spiro atoms. The summed E-state index contributed by atoms with van der Waals surface area (Å²) in [6.07, 6.45) is 10.6. The third-order valence-corrected chi connectivity index (χ3v) is 4.98. The highest BCUT2D eigenvalue weighted by molar-refractivity contribution is 5.81. The van der Waals surface area contributed by atoms with E-state index in [2.05, 4.69) is 5.32 Å². The Morgan fingerprint density at radius 2 is 1.83 bits per heavy atom. The van der Waals surface area contributed by atoms with Gasteiger partial charge < -0.3 is 14.8 Å². The Bertz CT molecular complexity index is 448. The van der Waals surface area contributed by atoms with Crippen LogP contribution in [0, 0.1) is 5.92 Å². The second-order valence-corrected chi connectivity index (χ2v) is 6.51. The summed E-state index contributed by atoms with van der Waals surface area (Å²) in [5.74, 6) is -0.0657. The second kappa shape index (κ2) is 8.48. The first-order valence-corrected chi connectivity index (χ1v) is 8.88. The van der Waals surface area contributed by atoms with Crippen molar-refractivity contribution in [1.82, 2.24) is 5.32 Å². The van der Waals surface area contributed by atoms with Crippen LogP contribution in [0.2, 0.25) is 0 Å². The molecule has 5 nitrogen and oxygen atoms in total. The van der Waals surface area contributed by atoms with E-state index in [4.69, 9.17) is 9.47 Å². The minimum absolute atomic E-state index is 0.0262. The van der Waals surface area contributed by atoms with Gasteiger partial charge in [0.15, 0.2) is 0 Å². The Morgan fingerprint density at radius 1 is 1.13 bits per heavy atom. The third kappa shape index (κ3) is 4.80. The van der Waals surface area contributed by atoms with E-state index in [9.17, 15) is 9.59 Å². The fourth-order valence-electron chi connectivity index (χ4n) is 4.04. The van der Waals surface area contributed by atoms with E-state index in [1.54, 1.807) is 6.08 Å². The molecule has 2 rings (SSSR count). The van der Waals surface area contributed by atoms with Crippen molar-refractivity contribution in [1.29, 1.82) is 0 Å². The molecular weight excluding hydrogens is 294 g/mol. The van der Waals surface area contributed by atoms with Crippen LogP contribution in [0.3, 0.4) is 0 Å². The second-order valence-electron chi connectivity index (χ2n) is 6.51. The van der Waals surface area contributed by atoms with Crippen molar-refractivity contribution < 1.29 is 19.1 Å². The number of piperidine rings is 1. The summed E-state index contributed by atoms with van der Waals surface area (Å²) in [4.78, 5) is 23.3. The minimum atomic E-state index is -0.270. The van der Waals surface area contributed by atoms with Gasteiger partial charge in [-0.15, -0.1) is 0 Å². The summed E-state index contributed by atoms with van der Waals surface area (Å²) in [5.41, 5.74) is 0.0262. The van der Waals surface area contributed by atoms with Crippen molar-refractivity contribution in [2.75, 3.05) is 13.2 Å². The molecule has 1 aliphatic carbocycles. The van der Waals surface area contributed by atoms with Gasteiger partial charge in [0, 0.05) is 17.7 Å². The quantitative estimate of drug-likeness (QED) is 0.601. The van der Waals surface area contributed by atoms with Gasteiger partial charge in [0.2, 0.25) is 0 Å². The Hall–Kier alpha value is -1.36. The number of nitrogens with one attached hydrogen (secondary N) is 1. The van der Waals surface area contributed by atoms with Crippen LogP contribution in [-0.2, 0) is 19.1 Å². The van der Waals surface area contributed by atoms with Crippen molar-refractivity contribution in [3.05, 3.63) is 12.2 Å². The van der Waals surface area contributed by atoms with Crippen LogP contribution in [-0.4, -0.2) is 36.7 Å². The van der Waals surface area contributed by atoms with Gasteiger partial charge in [0.1, 0.15) is 0 Å². The van der Waals surface area contributed by atoms with Crippen LogP contribution in [0.15, 0.2) is 12.2 Å². The minimum Gasteiger partial charge on any atom is -0.466 e. The van der Waals surface area contributed by atoms with Crippen LogP contribution in [0.4, 0.5) is 0 Å². The van der Waals surface area contributed by atoms with Crippen molar-refractivity contribution in [2.24, 2.45) is 5.92 Å². The van der Waals surface area contributed by atoms with Gasteiger partial charge in [-0.25, -0.2) is 4.79 Å². The van der Waals surface area contributed by atoms with Gasteiger partial charge in [0.05, 0.1) is 19.6 Å². The molecule has 1 saturated heterocycles. The van der Waals surface area contributed by atoms with E-state index >= 15 is 0 Å². The number of ether oxygens (including phenoxy) is 2. The summed E-state index contributed by atoms with van der Waals surface area (Å²) in [6, 6.07) is 0.180. The zero-order valence-electron chi connectivity index (χ0n) is 14.3. The standard InChI is InChI=1S/C18H29NO4/c1-3-22-16(20)10-9-14-7-5-11-18(14)12-6-8-15(19-18)13-17(21)23-4-2/h9-10,14-15,19H,3-8,11-13H2,1-2H3/b10-9-/t14-,15-,18+/m1/s1. The molecule has 3 atom stereocenters. The predicted molar refractivity (Wildman–Crippen MR) is 87.9 cm³/mol. The molecule has 0 unspecified atom stereocenters. The molecule has 0 aromatic heterocycles. The normalized spacial score (nSPS) is 30.7. The molecule has 1 saturated carbocycles. The monoisotopic (exact) mass is 323 g/mol. The number of hydrogen-bond acceptors (Lipinski definition) is 5. The van der Waals surface area contributed by atoms with Crippen molar-refractivity contribution in [3.8, 4) is 0 Å². The molecule has 0 aromatic carbocycles. The van der Waals surface area contributed by atoms with Crippen LogP contribution in [0.1, 0.15) is 58.8 Å². The molecule has 23 heavy (non-hydrogen) atoms. The Kier molecular flexibility index (Phi) is 6.63. The molecule has 0 bridgehead atoms. The summed E-state index contributed by atoms with van der Waals surface area (Å²) in [5, 5.41) is 3.72. The first kappa shape index (κ1) is 18.0. The maximum atomic E-state index is 11.7. The Labute approximate surface area is 138 Å². The van der Waals surface area contributed by atoms with E-state index < -0.39 is 0 Å². The number of rotatable bonds is 6. The van der Waals surface area contributed by atoms with Crippen LogP contribution in [0.25, 0.3) is 0 Å². The van der Waals surface area contributed by atoms with E-state index in [0.717, 1.165) is 38.5 Å². The largest absolute Gasteiger partial charge is 0.466 e. The molecule has 0 aromatic rings. The van der Waals surface area contributed by atoms with E-state index in [1.807, 2.05) is 19.9 Å². The lowest BCUT2D eigenvalue weighted by Gasteiger charge is -2.43. The number of hydrogen-bond donors (Lipinski definition) is 1. The zero-order chi connectivity index (χ0) is 16.7. The molecular formula is C18H29NO4. The molecule has 5 heteroatoms. The molecule has 2 fully saturated rings. The highest BCUT2D eigenvalue weighted by atomic mass is 16.5. The van der Waals surface area contributed by atoms with Crippen LogP contribution < -0.4 is 5.32 Å². The Balaban J connectivity index is 1.98. The van der Waals surface area contributed by atoms with Gasteiger partial charge in [-0.05, 0) is 45.4 Å². The lowest BCUT2D eigenvalue weighted by molar-refractivity contribution is -0.144. The van der Waals surface area contributed by atoms with Gasteiger partial charge >= 0.3 is 11.9 Å². The maximum absolute atomic E-state index is 11.7. The summed E-state index contributed by atoms with van der Waals surface area (Å²) in [6.45, 7) is 4.48. The van der Waals surface area contributed by atoms with Crippen LogP contribution in [0.5, 0.6) is 0 Å². The first-order chi connectivity index (χ1) is 11.1. The molecule has 1 heterocycles. The molecule has 0 radical (unpaired) electrons. The van der Waals surface area contributed by atoms with Gasteiger partial charge in [-0.2, -0.15) is 0 Å². The predicted octanol–water partition coefficient (Wildman–Crippen LogP) is 2.74. The maximum Gasteiger partial charge on any atom is 0.330 e. The van der Waals surface area contributed by atoms with E-state index in [0.29, 0.717) is 25.6 Å². The van der Waals surface area contributed by atoms with Gasteiger partial charge in [-0.3, -0.25) is 4.79 Å². The fourth-order valence-corrected chi connectivity index (χ4v) is 4.04. The lowest BCUT2D eigenvalue weighted by Crippen LogP contribution is -2.55. The average Bonchev–Trinajstić information content (AvgIpc) is 2.87.